The Labute approximate surface area is 156 Å². The zero-order valence-electron chi connectivity index (χ0n) is 14.9. The first-order valence-corrected chi connectivity index (χ1v) is 8.90. The maximum Gasteiger partial charge on any atom is 0.274 e. The lowest BCUT2D eigenvalue weighted by Crippen LogP contribution is -2.33. The van der Waals surface area contributed by atoms with E-state index in [9.17, 15) is 13.6 Å². The SMILES string of the molecule is Cc1cc(C(=O)N(Cc2ccc(F)cc2F)C2CC2)nn1-c1ccccc1. The van der Waals surface area contributed by atoms with Crippen molar-refractivity contribution in [3.8, 4) is 5.69 Å². The average Bonchev–Trinajstić information content (AvgIpc) is 3.42. The Kier molecular flexibility index (Phi) is 4.48. The highest BCUT2D eigenvalue weighted by Gasteiger charge is 2.34. The number of halogens is 2. The lowest BCUT2D eigenvalue weighted by Gasteiger charge is -2.22. The van der Waals surface area contributed by atoms with Crippen LogP contribution in [0.15, 0.2) is 54.6 Å². The molecular formula is C21H19F2N3O. The summed E-state index contributed by atoms with van der Waals surface area (Å²) in [4.78, 5) is 14.7. The molecular weight excluding hydrogens is 348 g/mol. The summed E-state index contributed by atoms with van der Waals surface area (Å²) in [5.74, 6) is -1.50. The number of rotatable bonds is 5. The molecule has 4 nitrogen and oxygen atoms in total. The standard InChI is InChI=1S/C21H19F2N3O/c1-14-11-20(24-26(14)18-5-3-2-4-6-18)21(27)25(17-9-10-17)13-15-7-8-16(22)12-19(15)23/h2-8,11-12,17H,9-10,13H2,1H3. The van der Waals surface area contributed by atoms with Crippen molar-refractivity contribution in [2.45, 2.75) is 32.4 Å². The molecule has 4 rings (SSSR count). The normalized spacial score (nSPS) is 13.6. The van der Waals surface area contributed by atoms with E-state index in [2.05, 4.69) is 5.10 Å². The number of benzene rings is 2. The first-order chi connectivity index (χ1) is 13.0. The topological polar surface area (TPSA) is 38.1 Å². The monoisotopic (exact) mass is 367 g/mol. The second kappa shape index (κ2) is 6.95. The van der Waals surface area contributed by atoms with Gasteiger partial charge in [-0.2, -0.15) is 5.10 Å². The van der Waals surface area contributed by atoms with Gasteiger partial charge in [-0.1, -0.05) is 24.3 Å². The molecule has 1 saturated carbocycles. The number of amides is 1. The van der Waals surface area contributed by atoms with Gasteiger partial charge in [0.25, 0.3) is 5.91 Å². The van der Waals surface area contributed by atoms with Gasteiger partial charge in [0.2, 0.25) is 0 Å². The number of para-hydroxylation sites is 1. The largest absolute Gasteiger partial charge is 0.330 e. The second-order valence-corrected chi connectivity index (χ2v) is 6.82. The Morgan fingerprint density at radius 1 is 1.15 bits per heavy atom. The average molecular weight is 367 g/mol. The van der Waals surface area contributed by atoms with Crippen molar-refractivity contribution in [2.24, 2.45) is 0 Å². The summed E-state index contributed by atoms with van der Waals surface area (Å²) in [6.07, 6.45) is 1.76. The lowest BCUT2D eigenvalue weighted by atomic mass is 10.2. The van der Waals surface area contributed by atoms with Gasteiger partial charge in [0, 0.05) is 29.9 Å². The van der Waals surface area contributed by atoms with Crippen LogP contribution in [0, 0.1) is 18.6 Å². The van der Waals surface area contributed by atoms with Crippen molar-refractivity contribution in [3.05, 3.63) is 83.2 Å². The van der Waals surface area contributed by atoms with Gasteiger partial charge in [-0.25, -0.2) is 13.5 Å². The predicted octanol–water partition coefficient (Wildman–Crippen LogP) is 4.26. The Bertz CT molecular complexity index is 980. The zero-order valence-corrected chi connectivity index (χ0v) is 14.9. The molecule has 0 saturated heterocycles. The van der Waals surface area contributed by atoms with Gasteiger partial charge >= 0.3 is 0 Å². The summed E-state index contributed by atoms with van der Waals surface area (Å²) in [5.41, 5.74) is 2.34. The third kappa shape index (κ3) is 3.60. The molecule has 0 aliphatic heterocycles. The van der Waals surface area contributed by atoms with Crippen LogP contribution in [0.5, 0.6) is 0 Å². The van der Waals surface area contributed by atoms with Gasteiger partial charge < -0.3 is 4.90 Å². The Morgan fingerprint density at radius 3 is 2.56 bits per heavy atom. The number of aromatic nitrogens is 2. The van der Waals surface area contributed by atoms with Crippen LogP contribution in [0.2, 0.25) is 0 Å². The number of nitrogens with zero attached hydrogens (tertiary/aromatic N) is 3. The summed E-state index contributed by atoms with van der Waals surface area (Å²) in [5, 5.41) is 4.46. The molecule has 1 heterocycles. The maximum absolute atomic E-state index is 14.1. The van der Waals surface area contributed by atoms with Crippen LogP contribution in [0.3, 0.4) is 0 Å². The molecule has 2 aromatic carbocycles. The minimum Gasteiger partial charge on any atom is -0.330 e. The van der Waals surface area contributed by atoms with E-state index in [1.165, 1.54) is 12.1 Å². The third-order valence-corrected chi connectivity index (χ3v) is 4.71. The van der Waals surface area contributed by atoms with Crippen molar-refractivity contribution >= 4 is 5.91 Å². The summed E-state index contributed by atoms with van der Waals surface area (Å²) in [6, 6.07) is 14.8. The fourth-order valence-corrected chi connectivity index (χ4v) is 3.14. The highest BCUT2D eigenvalue weighted by molar-refractivity contribution is 5.93. The second-order valence-electron chi connectivity index (χ2n) is 6.82. The predicted molar refractivity (Wildman–Crippen MR) is 97.6 cm³/mol. The highest BCUT2D eigenvalue weighted by atomic mass is 19.1. The summed E-state index contributed by atoms with van der Waals surface area (Å²) < 4.78 is 28.9. The lowest BCUT2D eigenvalue weighted by molar-refractivity contribution is 0.0721. The summed E-state index contributed by atoms with van der Waals surface area (Å²) in [7, 11) is 0. The molecule has 0 spiro atoms. The number of carbonyl (C=O) groups excluding carboxylic acids is 1. The number of carbonyl (C=O) groups is 1. The Hall–Kier alpha value is -3.02. The van der Waals surface area contributed by atoms with Crippen molar-refractivity contribution in [3.63, 3.8) is 0 Å². The molecule has 0 radical (unpaired) electrons. The third-order valence-electron chi connectivity index (χ3n) is 4.71. The van der Waals surface area contributed by atoms with Crippen LogP contribution in [-0.2, 0) is 6.54 Å². The first kappa shape index (κ1) is 17.4. The molecule has 138 valence electrons. The first-order valence-electron chi connectivity index (χ1n) is 8.90. The van der Waals surface area contributed by atoms with Crippen LogP contribution >= 0.6 is 0 Å². The van der Waals surface area contributed by atoms with E-state index in [-0.39, 0.29) is 18.5 Å². The molecule has 1 aromatic heterocycles. The van der Waals surface area contributed by atoms with E-state index in [4.69, 9.17) is 0 Å². The zero-order chi connectivity index (χ0) is 19.0. The fourth-order valence-electron chi connectivity index (χ4n) is 3.14. The minimum absolute atomic E-state index is 0.0733. The molecule has 1 aliphatic carbocycles. The van der Waals surface area contributed by atoms with Crippen LogP contribution in [0.1, 0.15) is 34.6 Å². The smallest absolute Gasteiger partial charge is 0.274 e. The number of hydrogen-bond donors (Lipinski definition) is 0. The molecule has 0 atom stereocenters. The van der Waals surface area contributed by atoms with E-state index in [1.54, 1.807) is 15.6 Å². The molecule has 0 unspecified atom stereocenters. The van der Waals surface area contributed by atoms with Crippen molar-refractivity contribution in [1.82, 2.24) is 14.7 Å². The van der Waals surface area contributed by atoms with Crippen LogP contribution in [0.4, 0.5) is 8.78 Å². The molecule has 0 bridgehead atoms. The van der Waals surface area contributed by atoms with Crippen LogP contribution in [-0.4, -0.2) is 26.6 Å². The number of aryl methyl sites for hydroxylation is 1. The van der Waals surface area contributed by atoms with Crippen molar-refractivity contribution in [1.29, 1.82) is 0 Å². The van der Waals surface area contributed by atoms with Crippen LogP contribution in [0.25, 0.3) is 5.69 Å². The molecule has 1 fully saturated rings. The van der Waals surface area contributed by atoms with Crippen LogP contribution < -0.4 is 0 Å². The van der Waals surface area contributed by atoms with E-state index in [1.807, 2.05) is 37.3 Å². The fraction of sp³-hybridized carbons (Fsp3) is 0.238. The number of hydrogen-bond acceptors (Lipinski definition) is 2. The quantitative estimate of drug-likeness (QED) is 0.676. The van der Waals surface area contributed by atoms with E-state index < -0.39 is 11.6 Å². The van der Waals surface area contributed by atoms with Gasteiger partial charge in [-0.05, 0) is 44.0 Å². The van der Waals surface area contributed by atoms with E-state index >= 15 is 0 Å². The molecule has 1 amide bonds. The van der Waals surface area contributed by atoms with Crippen molar-refractivity contribution < 1.29 is 13.6 Å². The summed E-state index contributed by atoms with van der Waals surface area (Å²) in [6.45, 7) is 1.99. The molecule has 1 aliphatic rings. The van der Waals surface area contributed by atoms with Gasteiger partial charge in [0.15, 0.2) is 5.69 Å². The van der Waals surface area contributed by atoms with E-state index in [0.717, 1.165) is 30.3 Å². The van der Waals surface area contributed by atoms with Gasteiger partial charge in [-0.3, -0.25) is 4.79 Å². The van der Waals surface area contributed by atoms with Gasteiger partial charge in [-0.15, -0.1) is 0 Å². The van der Waals surface area contributed by atoms with Crippen molar-refractivity contribution in [2.75, 3.05) is 0 Å². The molecule has 27 heavy (non-hydrogen) atoms. The molecule has 0 N–H and O–H groups in total. The van der Waals surface area contributed by atoms with E-state index in [0.29, 0.717) is 11.3 Å². The highest BCUT2D eigenvalue weighted by Crippen LogP contribution is 2.30. The van der Waals surface area contributed by atoms with Gasteiger partial charge in [0.05, 0.1) is 5.69 Å². The Balaban J connectivity index is 1.62. The molecule has 3 aromatic rings. The summed E-state index contributed by atoms with van der Waals surface area (Å²) >= 11 is 0. The Morgan fingerprint density at radius 2 is 1.89 bits per heavy atom. The van der Waals surface area contributed by atoms with Gasteiger partial charge in [0.1, 0.15) is 11.6 Å². The molecule has 6 heteroatoms. The minimum atomic E-state index is -0.639. The maximum atomic E-state index is 14.1.